The van der Waals surface area contributed by atoms with E-state index in [1.807, 2.05) is 0 Å². The maximum absolute atomic E-state index is 13.7. The number of halogens is 1. The van der Waals surface area contributed by atoms with Crippen molar-refractivity contribution in [2.75, 3.05) is 7.11 Å². The van der Waals surface area contributed by atoms with Gasteiger partial charge in [-0.25, -0.2) is 4.39 Å². The van der Waals surface area contributed by atoms with E-state index in [0.29, 0.717) is 21.9 Å². The van der Waals surface area contributed by atoms with Gasteiger partial charge >= 0.3 is 11.9 Å². The molecule has 0 heterocycles. The molecule has 0 radical (unpaired) electrons. The maximum Gasteiger partial charge on any atom is 0.310 e. The lowest BCUT2D eigenvalue weighted by atomic mass is 9.97. The Labute approximate surface area is 147 Å². The molecule has 0 saturated heterocycles. The first kappa shape index (κ1) is 18.7. The number of fused-ring (bicyclic) bond motifs is 1. The predicted octanol–water partition coefficient (Wildman–Crippen LogP) is 3.00. The quantitative estimate of drug-likeness (QED) is 0.366. The van der Waals surface area contributed by atoms with Crippen molar-refractivity contribution in [2.45, 2.75) is 26.4 Å². The fourth-order valence-electron chi connectivity index (χ4n) is 2.36. The first-order valence-electron chi connectivity index (χ1n) is 7.83. The van der Waals surface area contributed by atoms with Gasteiger partial charge in [0.25, 0.3) is 0 Å². The fraction of sp³-hybridized carbons (Fsp3) is 0.263. The van der Waals surface area contributed by atoms with Gasteiger partial charge in [0.05, 0.1) is 19.1 Å². The van der Waals surface area contributed by atoms with Crippen molar-refractivity contribution in [3.63, 3.8) is 0 Å². The topological polar surface area (TPSA) is 52.6 Å². The van der Waals surface area contributed by atoms with Crippen LogP contribution in [0, 0.1) is 17.3 Å². The van der Waals surface area contributed by atoms with Crippen LogP contribution in [0.1, 0.15) is 18.1 Å². The molecule has 2 aromatic carbocycles. The van der Waals surface area contributed by atoms with Crippen molar-refractivity contribution in [2.24, 2.45) is 0 Å². The van der Waals surface area contributed by atoms with E-state index >= 15 is 0 Å². The summed E-state index contributed by atoms with van der Waals surface area (Å²) in [7, 11) is 0.0797. The van der Waals surface area contributed by atoms with Crippen LogP contribution in [0.5, 0.6) is 5.75 Å². The highest BCUT2D eigenvalue weighted by atomic mass is 28.3. The van der Waals surface area contributed by atoms with E-state index in [1.165, 1.54) is 26.2 Å². The third kappa shape index (κ3) is 4.67. The van der Waals surface area contributed by atoms with Crippen molar-refractivity contribution in [3.8, 4) is 17.2 Å². The summed E-state index contributed by atoms with van der Waals surface area (Å²) in [6, 6.07) is 5.94. The van der Waals surface area contributed by atoms with Crippen LogP contribution in [-0.2, 0) is 20.7 Å². The molecule has 0 fully saturated rings. The number of rotatable bonds is 3. The smallest absolute Gasteiger partial charge is 0.310 e. The summed E-state index contributed by atoms with van der Waals surface area (Å²) in [6.07, 6.45) is -0.0122. The lowest BCUT2D eigenvalue weighted by Gasteiger charge is -2.14. The molecule has 0 aliphatic heterocycles. The largest absolute Gasteiger partial charge is 0.469 e. The van der Waals surface area contributed by atoms with Crippen LogP contribution in [0.15, 0.2) is 24.3 Å². The van der Waals surface area contributed by atoms with Crippen LogP contribution in [0.25, 0.3) is 10.8 Å². The van der Waals surface area contributed by atoms with Crippen molar-refractivity contribution >= 4 is 31.5 Å². The Bertz CT molecular complexity index is 894. The molecule has 4 nitrogen and oxygen atoms in total. The molecule has 6 heteroatoms. The Kier molecular flexibility index (Phi) is 5.94. The number of ether oxygens (including phenoxy) is 2. The third-order valence-electron chi connectivity index (χ3n) is 3.43. The molecule has 0 spiro atoms. The van der Waals surface area contributed by atoms with Gasteiger partial charge in [0.1, 0.15) is 14.6 Å². The summed E-state index contributed by atoms with van der Waals surface area (Å²) in [5, 5.41) is 1.10. The Morgan fingerprint density at radius 2 is 1.96 bits per heavy atom. The monoisotopic (exact) mass is 358 g/mol. The third-order valence-corrected chi connectivity index (χ3v) is 4.15. The molecular formula is C19H19FO4Si. The van der Waals surface area contributed by atoms with Gasteiger partial charge in [-0.3, -0.25) is 9.59 Å². The highest BCUT2D eigenvalue weighted by molar-refractivity contribution is 6.64. The lowest BCUT2D eigenvalue weighted by molar-refractivity contribution is -0.139. The van der Waals surface area contributed by atoms with Crippen LogP contribution in [-0.4, -0.2) is 27.8 Å². The Hall–Kier alpha value is -2.65. The molecule has 25 heavy (non-hydrogen) atoms. The summed E-state index contributed by atoms with van der Waals surface area (Å²) >= 11 is 0. The van der Waals surface area contributed by atoms with Gasteiger partial charge in [0.2, 0.25) is 0 Å². The van der Waals surface area contributed by atoms with E-state index in [0.717, 1.165) is 0 Å². The minimum absolute atomic E-state index is 0.0122. The number of benzene rings is 2. The second-order valence-electron chi connectivity index (χ2n) is 5.88. The summed E-state index contributed by atoms with van der Waals surface area (Å²) < 4.78 is 23.8. The number of hydrogen-bond donors (Lipinski definition) is 0. The highest BCUT2D eigenvalue weighted by Gasteiger charge is 2.18. The number of carbonyl (C=O) groups is 2. The molecule has 0 aliphatic rings. The minimum Gasteiger partial charge on any atom is -0.469 e. The molecular weight excluding hydrogens is 339 g/mol. The average molecular weight is 358 g/mol. The standard InChI is InChI=1S/C19H19FO4Si/c1-12(21)24-19-16(7-8-25(3)4)14(10-18(22)23-2)9-13-5-6-15(20)11-17(13)19/h5-6,9,11,25H,10H2,1-4H3. The Balaban J connectivity index is 2.82. The van der Waals surface area contributed by atoms with E-state index in [2.05, 4.69) is 24.6 Å². The zero-order valence-electron chi connectivity index (χ0n) is 14.6. The highest BCUT2D eigenvalue weighted by Crippen LogP contribution is 2.34. The molecule has 130 valence electrons. The molecule has 0 bridgehead atoms. The van der Waals surface area contributed by atoms with E-state index in [-0.39, 0.29) is 12.2 Å². The van der Waals surface area contributed by atoms with Gasteiger partial charge in [-0.1, -0.05) is 25.1 Å². The minimum atomic E-state index is -1.22. The van der Waals surface area contributed by atoms with E-state index < -0.39 is 26.6 Å². The number of carbonyl (C=O) groups excluding carboxylic acids is 2. The van der Waals surface area contributed by atoms with Gasteiger partial charge in [-0.05, 0) is 29.1 Å². The second-order valence-corrected chi connectivity index (χ2v) is 8.47. The fourth-order valence-corrected chi connectivity index (χ4v) is 2.79. The van der Waals surface area contributed by atoms with Gasteiger partial charge < -0.3 is 9.47 Å². The predicted molar refractivity (Wildman–Crippen MR) is 96.7 cm³/mol. The van der Waals surface area contributed by atoms with E-state index in [9.17, 15) is 14.0 Å². The number of esters is 2. The van der Waals surface area contributed by atoms with Crippen LogP contribution in [0.4, 0.5) is 4.39 Å². The Morgan fingerprint density at radius 1 is 1.24 bits per heavy atom. The molecule has 2 rings (SSSR count). The molecule has 0 amide bonds. The molecule has 0 aromatic heterocycles. The van der Waals surface area contributed by atoms with Gasteiger partial charge in [0.15, 0.2) is 5.75 Å². The first-order chi connectivity index (χ1) is 11.8. The molecule has 0 atom stereocenters. The van der Waals surface area contributed by atoms with E-state index in [4.69, 9.17) is 9.47 Å². The van der Waals surface area contributed by atoms with Gasteiger partial charge in [-0.15, -0.1) is 5.54 Å². The molecule has 2 aromatic rings. The average Bonchev–Trinajstić information content (AvgIpc) is 2.54. The van der Waals surface area contributed by atoms with Crippen LogP contribution < -0.4 is 4.74 Å². The SMILES string of the molecule is COC(=O)Cc1cc2ccc(F)cc2c(OC(C)=O)c1C#C[SiH](C)C. The molecule has 0 unspecified atom stereocenters. The zero-order chi connectivity index (χ0) is 18.6. The van der Waals surface area contributed by atoms with E-state index in [1.54, 1.807) is 12.1 Å². The number of methoxy groups -OCH3 is 1. The van der Waals surface area contributed by atoms with Crippen molar-refractivity contribution in [3.05, 3.63) is 41.2 Å². The maximum atomic E-state index is 13.7. The summed E-state index contributed by atoms with van der Waals surface area (Å²) in [6.45, 7) is 5.38. The zero-order valence-corrected chi connectivity index (χ0v) is 15.8. The molecule has 0 aliphatic carbocycles. The Morgan fingerprint density at radius 3 is 2.56 bits per heavy atom. The second kappa shape index (κ2) is 7.95. The first-order valence-corrected chi connectivity index (χ1v) is 10.7. The summed E-state index contributed by atoms with van der Waals surface area (Å²) in [5.41, 5.74) is 4.16. The van der Waals surface area contributed by atoms with Crippen LogP contribution >= 0.6 is 0 Å². The summed E-state index contributed by atoms with van der Waals surface area (Å²) in [4.78, 5) is 23.3. The molecule has 0 saturated carbocycles. The normalized spacial score (nSPS) is 10.3. The van der Waals surface area contributed by atoms with Gasteiger partial charge in [0, 0.05) is 12.3 Å². The van der Waals surface area contributed by atoms with Crippen molar-refractivity contribution in [1.82, 2.24) is 0 Å². The molecule has 0 N–H and O–H groups in total. The van der Waals surface area contributed by atoms with Crippen LogP contribution in [0.3, 0.4) is 0 Å². The van der Waals surface area contributed by atoms with Gasteiger partial charge in [-0.2, -0.15) is 0 Å². The number of hydrogen-bond acceptors (Lipinski definition) is 4. The van der Waals surface area contributed by atoms with Crippen molar-refractivity contribution < 1.29 is 23.5 Å². The van der Waals surface area contributed by atoms with Crippen molar-refractivity contribution in [1.29, 1.82) is 0 Å². The van der Waals surface area contributed by atoms with Crippen LogP contribution in [0.2, 0.25) is 13.1 Å². The summed E-state index contributed by atoms with van der Waals surface area (Å²) in [5.74, 6) is 1.81. The lowest BCUT2D eigenvalue weighted by Crippen LogP contribution is -2.10.